The highest BCUT2D eigenvalue weighted by molar-refractivity contribution is 5.78. The van der Waals surface area contributed by atoms with Gasteiger partial charge in [-0.05, 0) is 31.4 Å². The number of fused-ring (bicyclic) bond motifs is 2. The van der Waals surface area contributed by atoms with Crippen molar-refractivity contribution in [1.29, 1.82) is 0 Å². The number of hydrogen-bond acceptors (Lipinski definition) is 5. The second-order valence-corrected chi connectivity index (χ2v) is 6.28. The Bertz CT molecular complexity index is 754. The summed E-state index contributed by atoms with van der Waals surface area (Å²) in [4.78, 5) is 8.53. The number of aryl methyl sites for hydroxylation is 1. The molecule has 0 saturated heterocycles. The van der Waals surface area contributed by atoms with Crippen molar-refractivity contribution in [2.45, 2.75) is 44.1 Å². The van der Waals surface area contributed by atoms with E-state index >= 15 is 0 Å². The fourth-order valence-electron chi connectivity index (χ4n) is 3.89. The number of aliphatic hydroxyl groups is 3. The molecule has 2 aromatic rings. The van der Waals surface area contributed by atoms with Crippen LogP contribution in [0.4, 0.5) is 0 Å². The molecular weight excluding hydrogens is 282 g/mol. The van der Waals surface area contributed by atoms with Crippen molar-refractivity contribution >= 4 is 11.0 Å². The normalized spacial score (nSPS) is 34.7. The van der Waals surface area contributed by atoms with E-state index in [0.717, 1.165) is 22.3 Å². The van der Waals surface area contributed by atoms with Gasteiger partial charge in [0.1, 0.15) is 18.1 Å². The quantitative estimate of drug-likeness (QED) is 0.675. The molecule has 6 nitrogen and oxygen atoms in total. The van der Waals surface area contributed by atoms with Gasteiger partial charge in [-0.15, -0.1) is 0 Å². The third-order valence-corrected chi connectivity index (χ3v) is 5.02. The molecule has 0 amide bonds. The maximum Gasteiger partial charge on any atom is 0.144 e. The lowest BCUT2D eigenvalue weighted by Crippen LogP contribution is -2.30. The van der Waals surface area contributed by atoms with E-state index < -0.39 is 18.3 Å². The minimum absolute atomic E-state index is 0.191. The van der Waals surface area contributed by atoms with E-state index in [4.69, 9.17) is 0 Å². The van der Waals surface area contributed by atoms with Gasteiger partial charge in [0.2, 0.25) is 0 Å². The van der Waals surface area contributed by atoms with Crippen molar-refractivity contribution in [2.24, 2.45) is 5.92 Å². The summed E-state index contributed by atoms with van der Waals surface area (Å²) in [7, 11) is 0. The molecule has 22 heavy (non-hydrogen) atoms. The topological polar surface area (TPSA) is 91.4 Å². The van der Waals surface area contributed by atoms with Crippen LogP contribution in [0.25, 0.3) is 11.0 Å². The van der Waals surface area contributed by atoms with E-state index in [-0.39, 0.29) is 12.0 Å². The second-order valence-electron chi connectivity index (χ2n) is 6.28. The molecule has 4 rings (SSSR count). The molecule has 2 heterocycles. The average molecular weight is 301 g/mol. The third kappa shape index (κ3) is 1.84. The lowest BCUT2D eigenvalue weighted by molar-refractivity contribution is -0.00301. The van der Waals surface area contributed by atoms with Gasteiger partial charge in [0.15, 0.2) is 0 Å². The summed E-state index contributed by atoms with van der Waals surface area (Å²) < 4.78 is 1.92. The summed E-state index contributed by atoms with van der Waals surface area (Å²) in [5, 5.41) is 31.7. The van der Waals surface area contributed by atoms with Crippen LogP contribution in [-0.4, -0.2) is 48.2 Å². The van der Waals surface area contributed by atoms with E-state index in [0.29, 0.717) is 12.8 Å². The molecule has 3 N–H and O–H groups in total. The van der Waals surface area contributed by atoms with Crippen LogP contribution >= 0.6 is 0 Å². The minimum atomic E-state index is -0.896. The van der Waals surface area contributed by atoms with Crippen LogP contribution in [0.15, 0.2) is 30.2 Å². The van der Waals surface area contributed by atoms with Crippen molar-refractivity contribution in [2.75, 3.05) is 0 Å². The molecular formula is C16H19N3O3. The summed E-state index contributed by atoms with van der Waals surface area (Å²) in [6.07, 6.45) is 4.23. The van der Waals surface area contributed by atoms with Gasteiger partial charge in [-0.25, -0.2) is 9.97 Å². The van der Waals surface area contributed by atoms with E-state index in [2.05, 4.69) is 9.97 Å². The van der Waals surface area contributed by atoms with Gasteiger partial charge >= 0.3 is 0 Å². The molecule has 0 aromatic carbocycles. The molecule has 1 fully saturated rings. The van der Waals surface area contributed by atoms with Crippen LogP contribution in [0, 0.1) is 12.8 Å². The summed E-state index contributed by atoms with van der Waals surface area (Å²) in [6, 6.07) is 1.61. The lowest BCUT2D eigenvalue weighted by atomic mass is 9.86. The molecule has 0 bridgehead atoms. The standard InChI is InChI=1S/C16H19N3O3/c1-8-10-4-5-19(16(10)18-7-17-8)13-11-3-2-9(20)6-12(11)14(21)15(13)22/h3-5,7,9,12-15,20-22H,2,6H2,1H3/t9-,12+,13-,14-,15+/m1/s1. The van der Waals surface area contributed by atoms with Gasteiger partial charge in [-0.2, -0.15) is 0 Å². The Hall–Kier alpha value is -1.76. The van der Waals surface area contributed by atoms with Crippen LogP contribution in [0.3, 0.4) is 0 Å². The number of rotatable bonds is 1. The zero-order chi connectivity index (χ0) is 15.4. The second kappa shape index (κ2) is 4.87. The zero-order valence-electron chi connectivity index (χ0n) is 12.3. The van der Waals surface area contributed by atoms with Crippen molar-refractivity contribution < 1.29 is 15.3 Å². The van der Waals surface area contributed by atoms with Gasteiger partial charge in [-0.3, -0.25) is 0 Å². The Morgan fingerprint density at radius 1 is 1.18 bits per heavy atom. The Morgan fingerprint density at radius 2 is 2.00 bits per heavy atom. The first-order valence-electron chi connectivity index (χ1n) is 7.60. The molecule has 0 unspecified atom stereocenters. The Labute approximate surface area is 127 Å². The molecule has 0 aliphatic heterocycles. The smallest absolute Gasteiger partial charge is 0.144 e. The van der Waals surface area contributed by atoms with E-state index in [1.54, 1.807) is 0 Å². The molecule has 1 saturated carbocycles. The predicted molar refractivity (Wildman–Crippen MR) is 80.1 cm³/mol. The molecule has 2 aliphatic rings. The minimum Gasteiger partial charge on any atom is -0.393 e. The van der Waals surface area contributed by atoms with E-state index in [1.807, 2.05) is 29.8 Å². The predicted octanol–water partition coefficient (Wildman–Crippen LogP) is 0.714. The van der Waals surface area contributed by atoms with Crippen molar-refractivity contribution in [1.82, 2.24) is 14.5 Å². The van der Waals surface area contributed by atoms with Crippen LogP contribution in [0.5, 0.6) is 0 Å². The van der Waals surface area contributed by atoms with Crippen molar-refractivity contribution in [3.05, 3.63) is 35.9 Å². The van der Waals surface area contributed by atoms with Crippen LogP contribution < -0.4 is 0 Å². The third-order valence-electron chi connectivity index (χ3n) is 5.02. The monoisotopic (exact) mass is 301 g/mol. The van der Waals surface area contributed by atoms with E-state index in [9.17, 15) is 15.3 Å². The van der Waals surface area contributed by atoms with Gasteiger partial charge in [-0.1, -0.05) is 6.08 Å². The first-order valence-corrected chi connectivity index (χ1v) is 7.60. The first kappa shape index (κ1) is 13.9. The average Bonchev–Trinajstić information content (AvgIpc) is 3.02. The SMILES string of the molecule is Cc1ncnc2c1ccn2[C@@H]1C2=CC[C@@H](O)C[C@@H]2[C@@H](O)[C@H]1O. The Kier molecular flexibility index (Phi) is 3.07. The van der Waals surface area contributed by atoms with Gasteiger partial charge in [0.25, 0.3) is 0 Å². The van der Waals surface area contributed by atoms with Crippen LogP contribution in [-0.2, 0) is 0 Å². The highest BCUT2D eigenvalue weighted by Crippen LogP contribution is 2.46. The molecule has 0 radical (unpaired) electrons. The Morgan fingerprint density at radius 3 is 2.82 bits per heavy atom. The van der Waals surface area contributed by atoms with Gasteiger partial charge in [0, 0.05) is 17.5 Å². The van der Waals surface area contributed by atoms with Crippen LogP contribution in [0.2, 0.25) is 0 Å². The molecule has 0 spiro atoms. The molecule has 5 atom stereocenters. The molecule has 2 aromatic heterocycles. The highest BCUT2D eigenvalue weighted by Gasteiger charge is 2.48. The maximum atomic E-state index is 10.5. The van der Waals surface area contributed by atoms with Crippen molar-refractivity contribution in [3.8, 4) is 0 Å². The van der Waals surface area contributed by atoms with Crippen LogP contribution in [0.1, 0.15) is 24.6 Å². The number of hydrogen-bond donors (Lipinski definition) is 3. The summed E-state index contributed by atoms with van der Waals surface area (Å²) in [5.74, 6) is -0.191. The summed E-state index contributed by atoms with van der Waals surface area (Å²) in [5.41, 5.74) is 2.65. The Balaban J connectivity index is 1.85. The highest BCUT2D eigenvalue weighted by atomic mass is 16.3. The molecule has 2 aliphatic carbocycles. The van der Waals surface area contributed by atoms with Gasteiger partial charge < -0.3 is 19.9 Å². The fraction of sp³-hybridized carbons (Fsp3) is 0.500. The molecule has 6 heteroatoms. The number of aromatic nitrogens is 3. The number of aliphatic hydroxyl groups excluding tert-OH is 3. The fourth-order valence-corrected chi connectivity index (χ4v) is 3.89. The summed E-state index contributed by atoms with van der Waals surface area (Å²) >= 11 is 0. The largest absolute Gasteiger partial charge is 0.393 e. The zero-order valence-corrected chi connectivity index (χ0v) is 12.3. The van der Waals surface area contributed by atoms with Crippen molar-refractivity contribution in [3.63, 3.8) is 0 Å². The first-order chi connectivity index (χ1) is 10.6. The van der Waals surface area contributed by atoms with Gasteiger partial charge in [0.05, 0.1) is 23.9 Å². The molecule has 116 valence electrons. The lowest BCUT2D eigenvalue weighted by Gasteiger charge is -2.25. The summed E-state index contributed by atoms with van der Waals surface area (Å²) in [6.45, 7) is 1.92. The maximum absolute atomic E-state index is 10.5. The number of nitrogens with zero attached hydrogens (tertiary/aromatic N) is 3. The van der Waals surface area contributed by atoms with E-state index in [1.165, 1.54) is 6.33 Å².